The van der Waals surface area contributed by atoms with Crippen LogP contribution in [0.2, 0.25) is 0 Å². The summed E-state index contributed by atoms with van der Waals surface area (Å²) in [6.07, 6.45) is 8.44. The fourth-order valence-electron chi connectivity index (χ4n) is 4.94. The van der Waals surface area contributed by atoms with E-state index in [1.165, 1.54) is 38.5 Å². The summed E-state index contributed by atoms with van der Waals surface area (Å²) < 4.78 is 6.02. The standard InChI is InChI=1S/C18H35NO/c1-7-20-15-12-14(18(15)10-8-9-11-18)19-17(5,6)13-16(2,3)4/h14-15,19H,7-13H2,1-6H3. The molecule has 0 radical (unpaired) electrons. The van der Waals surface area contributed by atoms with Gasteiger partial charge in [-0.05, 0) is 51.9 Å². The molecular formula is C18H35NO. The molecule has 0 aromatic rings. The second kappa shape index (κ2) is 5.61. The van der Waals surface area contributed by atoms with Crippen molar-refractivity contribution in [2.45, 2.75) is 97.8 Å². The van der Waals surface area contributed by atoms with Gasteiger partial charge in [0.25, 0.3) is 0 Å². The van der Waals surface area contributed by atoms with E-state index in [4.69, 9.17) is 4.74 Å². The predicted octanol–water partition coefficient (Wildman–Crippen LogP) is 4.53. The SMILES string of the molecule is CCOC1CC(NC(C)(C)CC(C)(C)C)C12CCCC2. The Kier molecular flexibility index (Phi) is 4.57. The Bertz CT molecular complexity index is 323. The smallest absolute Gasteiger partial charge is 0.0661 e. The van der Waals surface area contributed by atoms with Crippen LogP contribution in [0.5, 0.6) is 0 Å². The molecule has 0 aromatic carbocycles. The molecule has 0 amide bonds. The van der Waals surface area contributed by atoms with Crippen LogP contribution in [0.25, 0.3) is 0 Å². The average molecular weight is 281 g/mol. The summed E-state index contributed by atoms with van der Waals surface area (Å²) in [6.45, 7) is 14.8. The van der Waals surface area contributed by atoms with E-state index in [0.717, 1.165) is 6.61 Å². The molecule has 0 aliphatic heterocycles. The first kappa shape index (κ1) is 16.3. The second-order valence-corrected chi connectivity index (χ2v) is 8.94. The molecule has 118 valence electrons. The Morgan fingerprint density at radius 1 is 1.10 bits per heavy atom. The molecule has 2 aliphatic rings. The van der Waals surface area contributed by atoms with Crippen molar-refractivity contribution in [1.82, 2.24) is 5.32 Å². The largest absolute Gasteiger partial charge is 0.378 e. The molecule has 1 spiro atoms. The zero-order chi connectivity index (χ0) is 15.0. The second-order valence-electron chi connectivity index (χ2n) is 8.94. The van der Waals surface area contributed by atoms with Crippen molar-refractivity contribution in [2.75, 3.05) is 6.61 Å². The predicted molar refractivity (Wildman–Crippen MR) is 86.0 cm³/mol. The van der Waals surface area contributed by atoms with E-state index in [1.54, 1.807) is 0 Å². The van der Waals surface area contributed by atoms with Crippen LogP contribution in [-0.2, 0) is 4.74 Å². The quantitative estimate of drug-likeness (QED) is 0.799. The highest BCUT2D eigenvalue weighted by molar-refractivity contribution is 5.11. The third-order valence-corrected chi connectivity index (χ3v) is 5.22. The minimum atomic E-state index is 0.218. The van der Waals surface area contributed by atoms with Crippen LogP contribution in [-0.4, -0.2) is 24.3 Å². The minimum Gasteiger partial charge on any atom is -0.378 e. The van der Waals surface area contributed by atoms with E-state index >= 15 is 0 Å². The van der Waals surface area contributed by atoms with Gasteiger partial charge in [-0.15, -0.1) is 0 Å². The monoisotopic (exact) mass is 281 g/mol. The molecule has 2 aliphatic carbocycles. The highest BCUT2D eigenvalue weighted by Crippen LogP contribution is 2.55. The molecule has 2 fully saturated rings. The van der Waals surface area contributed by atoms with Crippen LogP contribution < -0.4 is 5.32 Å². The lowest BCUT2D eigenvalue weighted by molar-refractivity contribution is -0.136. The molecule has 2 unspecified atom stereocenters. The lowest BCUT2D eigenvalue weighted by Crippen LogP contribution is -2.66. The summed E-state index contributed by atoms with van der Waals surface area (Å²) in [5, 5.41) is 3.99. The van der Waals surface area contributed by atoms with Crippen molar-refractivity contribution >= 4 is 0 Å². The Morgan fingerprint density at radius 3 is 2.20 bits per heavy atom. The van der Waals surface area contributed by atoms with Gasteiger partial charge in [-0.1, -0.05) is 33.6 Å². The van der Waals surface area contributed by atoms with Crippen molar-refractivity contribution in [3.05, 3.63) is 0 Å². The molecule has 1 N–H and O–H groups in total. The topological polar surface area (TPSA) is 21.3 Å². The number of rotatable bonds is 5. The fourth-order valence-corrected chi connectivity index (χ4v) is 4.94. The summed E-state index contributed by atoms with van der Waals surface area (Å²) in [5.74, 6) is 0. The molecule has 0 bridgehead atoms. The van der Waals surface area contributed by atoms with Crippen LogP contribution in [0.1, 0.15) is 80.1 Å². The van der Waals surface area contributed by atoms with Gasteiger partial charge in [0.2, 0.25) is 0 Å². The normalized spacial score (nSPS) is 29.7. The first-order chi connectivity index (χ1) is 9.19. The van der Waals surface area contributed by atoms with Gasteiger partial charge < -0.3 is 10.1 Å². The maximum atomic E-state index is 6.02. The molecule has 20 heavy (non-hydrogen) atoms. The first-order valence-corrected chi connectivity index (χ1v) is 8.58. The minimum absolute atomic E-state index is 0.218. The molecule has 2 atom stereocenters. The third-order valence-electron chi connectivity index (χ3n) is 5.22. The van der Waals surface area contributed by atoms with E-state index in [1.807, 2.05) is 0 Å². The van der Waals surface area contributed by atoms with Gasteiger partial charge in [0, 0.05) is 23.6 Å². The highest BCUT2D eigenvalue weighted by atomic mass is 16.5. The Hall–Kier alpha value is -0.0800. The maximum Gasteiger partial charge on any atom is 0.0661 e. The van der Waals surface area contributed by atoms with Gasteiger partial charge in [-0.3, -0.25) is 0 Å². The van der Waals surface area contributed by atoms with E-state index < -0.39 is 0 Å². The van der Waals surface area contributed by atoms with E-state index in [0.29, 0.717) is 23.0 Å². The Balaban J connectivity index is 1.99. The Labute approximate surface area is 126 Å². The summed E-state index contributed by atoms with van der Waals surface area (Å²) in [7, 11) is 0. The van der Waals surface area contributed by atoms with Gasteiger partial charge in [0.15, 0.2) is 0 Å². The molecular weight excluding hydrogens is 246 g/mol. The number of hydrogen-bond acceptors (Lipinski definition) is 2. The van der Waals surface area contributed by atoms with Gasteiger partial charge in [-0.25, -0.2) is 0 Å². The summed E-state index contributed by atoms with van der Waals surface area (Å²) >= 11 is 0. The van der Waals surface area contributed by atoms with Crippen molar-refractivity contribution in [2.24, 2.45) is 10.8 Å². The summed E-state index contributed by atoms with van der Waals surface area (Å²) in [5.41, 5.74) is 1.04. The van der Waals surface area contributed by atoms with E-state index in [9.17, 15) is 0 Å². The molecule has 0 saturated heterocycles. The molecule has 2 saturated carbocycles. The van der Waals surface area contributed by atoms with Crippen molar-refractivity contribution in [1.29, 1.82) is 0 Å². The lowest BCUT2D eigenvalue weighted by Gasteiger charge is -2.56. The van der Waals surface area contributed by atoms with Crippen LogP contribution in [0.4, 0.5) is 0 Å². The third kappa shape index (κ3) is 3.39. The summed E-state index contributed by atoms with van der Waals surface area (Å²) in [4.78, 5) is 0. The zero-order valence-corrected chi connectivity index (χ0v) is 14.5. The van der Waals surface area contributed by atoms with Gasteiger partial charge in [0.05, 0.1) is 6.10 Å². The zero-order valence-electron chi connectivity index (χ0n) is 14.5. The molecule has 2 nitrogen and oxygen atoms in total. The molecule has 0 aromatic heterocycles. The van der Waals surface area contributed by atoms with Gasteiger partial charge in [-0.2, -0.15) is 0 Å². The van der Waals surface area contributed by atoms with Gasteiger partial charge in [0.1, 0.15) is 0 Å². The molecule has 2 rings (SSSR count). The molecule has 2 heteroatoms. The number of nitrogens with one attached hydrogen (secondary N) is 1. The maximum absolute atomic E-state index is 6.02. The molecule has 0 heterocycles. The number of hydrogen-bond donors (Lipinski definition) is 1. The first-order valence-electron chi connectivity index (χ1n) is 8.58. The summed E-state index contributed by atoms with van der Waals surface area (Å²) in [6, 6.07) is 0.666. The fraction of sp³-hybridized carbons (Fsp3) is 1.00. The highest BCUT2D eigenvalue weighted by Gasteiger charge is 2.57. The van der Waals surface area contributed by atoms with Crippen molar-refractivity contribution in [3.63, 3.8) is 0 Å². The van der Waals surface area contributed by atoms with E-state index in [-0.39, 0.29) is 5.54 Å². The van der Waals surface area contributed by atoms with Crippen LogP contribution >= 0.6 is 0 Å². The van der Waals surface area contributed by atoms with E-state index in [2.05, 4.69) is 46.9 Å². The average Bonchev–Trinajstić information content (AvgIpc) is 2.75. The van der Waals surface area contributed by atoms with Crippen LogP contribution in [0, 0.1) is 10.8 Å². The van der Waals surface area contributed by atoms with Crippen LogP contribution in [0.3, 0.4) is 0 Å². The lowest BCUT2D eigenvalue weighted by atomic mass is 9.60. The number of ether oxygens (including phenoxy) is 1. The Morgan fingerprint density at radius 2 is 1.70 bits per heavy atom. The van der Waals surface area contributed by atoms with Crippen LogP contribution in [0.15, 0.2) is 0 Å². The van der Waals surface area contributed by atoms with Crippen molar-refractivity contribution in [3.8, 4) is 0 Å². The van der Waals surface area contributed by atoms with Gasteiger partial charge >= 0.3 is 0 Å². The van der Waals surface area contributed by atoms with Crippen molar-refractivity contribution < 1.29 is 4.74 Å².